The molecule has 0 aliphatic heterocycles. The van der Waals surface area contributed by atoms with Crippen molar-refractivity contribution in [1.82, 2.24) is 5.32 Å². The van der Waals surface area contributed by atoms with Gasteiger partial charge in [0.15, 0.2) is 0 Å². The molecule has 0 spiro atoms. The lowest BCUT2D eigenvalue weighted by molar-refractivity contribution is -0.384. The summed E-state index contributed by atoms with van der Waals surface area (Å²) in [6, 6.07) is 7.23. The minimum absolute atomic E-state index is 0.158. The minimum atomic E-state index is -0.357. The van der Waals surface area contributed by atoms with E-state index in [2.05, 4.69) is 19.2 Å². The number of non-ortho nitro benzene ring substituents is 1. The number of nitro groups is 1. The van der Waals surface area contributed by atoms with Gasteiger partial charge in [0.05, 0.1) is 4.92 Å². The Bertz CT molecular complexity index is 366. The molecule has 0 aliphatic rings. The standard InChI is InChI=1S/C13H20N2O2/c1-3-4-6-11(2)14-10-12-7-5-8-13(9-12)15(16)17/h5,7-9,11,14H,3-4,6,10H2,1-2H3. The molecule has 0 aliphatic carbocycles. The fourth-order valence-corrected chi connectivity index (χ4v) is 1.68. The second-order valence-electron chi connectivity index (χ2n) is 4.35. The van der Waals surface area contributed by atoms with Crippen LogP contribution in [-0.2, 0) is 6.54 Å². The zero-order valence-corrected chi connectivity index (χ0v) is 10.5. The van der Waals surface area contributed by atoms with Crippen molar-refractivity contribution in [2.45, 2.75) is 45.7 Å². The minimum Gasteiger partial charge on any atom is -0.310 e. The molecule has 0 fully saturated rings. The van der Waals surface area contributed by atoms with Gasteiger partial charge in [-0.25, -0.2) is 0 Å². The van der Waals surface area contributed by atoms with E-state index in [1.807, 2.05) is 6.07 Å². The first-order valence-corrected chi connectivity index (χ1v) is 6.10. The Labute approximate surface area is 102 Å². The van der Waals surface area contributed by atoms with Gasteiger partial charge in [-0.3, -0.25) is 10.1 Å². The largest absolute Gasteiger partial charge is 0.310 e. The third-order valence-corrected chi connectivity index (χ3v) is 2.77. The molecule has 94 valence electrons. The van der Waals surface area contributed by atoms with Crippen molar-refractivity contribution in [1.29, 1.82) is 0 Å². The highest BCUT2D eigenvalue weighted by Crippen LogP contribution is 2.13. The highest BCUT2D eigenvalue weighted by Gasteiger charge is 2.06. The van der Waals surface area contributed by atoms with Crippen molar-refractivity contribution in [2.24, 2.45) is 0 Å². The number of nitrogens with zero attached hydrogens (tertiary/aromatic N) is 1. The van der Waals surface area contributed by atoms with E-state index in [4.69, 9.17) is 0 Å². The second kappa shape index (κ2) is 7.01. The molecule has 1 N–H and O–H groups in total. The zero-order chi connectivity index (χ0) is 12.7. The van der Waals surface area contributed by atoms with Crippen LogP contribution in [0.25, 0.3) is 0 Å². The molecule has 0 heterocycles. The summed E-state index contributed by atoms with van der Waals surface area (Å²) in [6.07, 6.45) is 3.55. The molecule has 1 aromatic carbocycles. The quantitative estimate of drug-likeness (QED) is 0.584. The summed E-state index contributed by atoms with van der Waals surface area (Å²) in [7, 11) is 0. The summed E-state index contributed by atoms with van der Waals surface area (Å²) < 4.78 is 0. The van der Waals surface area contributed by atoms with Crippen molar-refractivity contribution in [2.75, 3.05) is 0 Å². The first-order valence-electron chi connectivity index (χ1n) is 6.10. The molecule has 0 saturated heterocycles. The lowest BCUT2D eigenvalue weighted by Gasteiger charge is -2.13. The predicted octanol–water partition coefficient (Wildman–Crippen LogP) is 3.26. The number of unbranched alkanes of at least 4 members (excludes halogenated alkanes) is 1. The van der Waals surface area contributed by atoms with Crippen LogP contribution in [0.1, 0.15) is 38.7 Å². The summed E-state index contributed by atoms with van der Waals surface area (Å²) in [6.45, 7) is 5.01. The van der Waals surface area contributed by atoms with Crippen molar-refractivity contribution in [3.8, 4) is 0 Å². The molecule has 0 amide bonds. The van der Waals surface area contributed by atoms with Crippen molar-refractivity contribution in [3.05, 3.63) is 39.9 Å². The molecule has 1 unspecified atom stereocenters. The average molecular weight is 236 g/mol. The Morgan fingerprint density at radius 1 is 1.47 bits per heavy atom. The summed E-state index contributed by atoms with van der Waals surface area (Å²) >= 11 is 0. The average Bonchev–Trinajstić information content (AvgIpc) is 2.34. The first kappa shape index (κ1) is 13.6. The fourth-order valence-electron chi connectivity index (χ4n) is 1.68. The number of hydrogen-bond donors (Lipinski definition) is 1. The van der Waals surface area contributed by atoms with Crippen molar-refractivity contribution >= 4 is 5.69 Å². The van der Waals surface area contributed by atoms with E-state index in [-0.39, 0.29) is 10.6 Å². The number of nitrogens with one attached hydrogen (secondary N) is 1. The first-order chi connectivity index (χ1) is 8.13. The molecule has 0 saturated carbocycles. The summed E-state index contributed by atoms with van der Waals surface area (Å²) in [4.78, 5) is 10.3. The van der Waals surface area contributed by atoms with Crippen LogP contribution in [0, 0.1) is 10.1 Å². The fraction of sp³-hybridized carbons (Fsp3) is 0.538. The number of rotatable bonds is 7. The molecule has 17 heavy (non-hydrogen) atoms. The lowest BCUT2D eigenvalue weighted by Crippen LogP contribution is -2.25. The Kier molecular flexibility index (Phi) is 5.63. The van der Waals surface area contributed by atoms with Gasteiger partial charge in [0.1, 0.15) is 0 Å². The second-order valence-corrected chi connectivity index (χ2v) is 4.35. The van der Waals surface area contributed by atoms with Gasteiger partial charge in [0.2, 0.25) is 0 Å². The van der Waals surface area contributed by atoms with Gasteiger partial charge in [0, 0.05) is 24.7 Å². The van der Waals surface area contributed by atoms with Crippen LogP contribution >= 0.6 is 0 Å². The van der Waals surface area contributed by atoms with Crippen molar-refractivity contribution < 1.29 is 4.92 Å². The summed E-state index contributed by atoms with van der Waals surface area (Å²) in [5, 5.41) is 14.0. The Morgan fingerprint density at radius 2 is 2.24 bits per heavy atom. The molecule has 1 atom stereocenters. The molecular weight excluding hydrogens is 216 g/mol. The molecule has 4 heteroatoms. The Hall–Kier alpha value is -1.42. The smallest absolute Gasteiger partial charge is 0.269 e. The SMILES string of the molecule is CCCCC(C)NCc1cccc([N+](=O)[O-])c1. The van der Waals surface area contributed by atoms with Gasteiger partial charge in [0.25, 0.3) is 5.69 Å². The van der Waals surface area contributed by atoms with E-state index < -0.39 is 0 Å². The third kappa shape index (κ3) is 4.95. The maximum atomic E-state index is 10.6. The zero-order valence-electron chi connectivity index (χ0n) is 10.5. The van der Waals surface area contributed by atoms with Crippen molar-refractivity contribution in [3.63, 3.8) is 0 Å². The summed E-state index contributed by atoms with van der Waals surface area (Å²) in [5.41, 5.74) is 1.12. The number of hydrogen-bond acceptors (Lipinski definition) is 3. The topological polar surface area (TPSA) is 55.2 Å². The van der Waals surface area contributed by atoms with E-state index in [0.29, 0.717) is 12.6 Å². The maximum absolute atomic E-state index is 10.6. The van der Waals surface area contributed by atoms with E-state index in [9.17, 15) is 10.1 Å². The monoisotopic (exact) mass is 236 g/mol. The maximum Gasteiger partial charge on any atom is 0.269 e. The molecule has 0 radical (unpaired) electrons. The normalized spacial score (nSPS) is 12.4. The van der Waals surface area contributed by atoms with Gasteiger partial charge >= 0.3 is 0 Å². The van der Waals surface area contributed by atoms with Crippen LogP contribution in [0.2, 0.25) is 0 Å². The van der Waals surface area contributed by atoms with Crippen LogP contribution in [0.15, 0.2) is 24.3 Å². The molecule has 0 aromatic heterocycles. The third-order valence-electron chi connectivity index (χ3n) is 2.77. The molecule has 1 rings (SSSR count). The highest BCUT2D eigenvalue weighted by atomic mass is 16.6. The molecule has 4 nitrogen and oxygen atoms in total. The van der Waals surface area contributed by atoms with Crippen LogP contribution in [0.5, 0.6) is 0 Å². The van der Waals surface area contributed by atoms with Gasteiger partial charge in [-0.05, 0) is 18.9 Å². The van der Waals surface area contributed by atoms with E-state index >= 15 is 0 Å². The van der Waals surface area contributed by atoms with Gasteiger partial charge in [-0.1, -0.05) is 31.9 Å². The van der Waals surface area contributed by atoms with Gasteiger partial charge in [-0.2, -0.15) is 0 Å². The Balaban J connectivity index is 2.46. The lowest BCUT2D eigenvalue weighted by atomic mass is 10.1. The van der Waals surface area contributed by atoms with Crippen LogP contribution < -0.4 is 5.32 Å². The molecule has 0 bridgehead atoms. The van der Waals surface area contributed by atoms with Gasteiger partial charge < -0.3 is 5.32 Å². The number of nitro benzene ring substituents is 1. The Morgan fingerprint density at radius 3 is 2.88 bits per heavy atom. The number of benzene rings is 1. The highest BCUT2D eigenvalue weighted by molar-refractivity contribution is 5.34. The van der Waals surface area contributed by atoms with E-state index in [1.165, 1.54) is 18.9 Å². The summed E-state index contributed by atoms with van der Waals surface area (Å²) in [5.74, 6) is 0. The molecule has 1 aromatic rings. The molecular formula is C13H20N2O2. The van der Waals surface area contributed by atoms with Gasteiger partial charge in [-0.15, -0.1) is 0 Å². The van der Waals surface area contributed by atoms with Crippen LogP contribution in [0.4, 0.5) is 5.69 Å². The van der Waals surface area contributed by atoms with E-state index in [1.54, 1.807) is 12.1 Å². The predicted molar refractivity (Wildman–Crippen MR) is 68.9 cm³/mol. The van der Waals surface area contributed by atoms with Crippen LogP contribution in [-0.4, -0.2) is 11.0 Å². The van der Waals surface area contributed by atoms with Crippen LogP contribution in [0.3, 0.4) is 0 Å². The van der Waals surface area contributed by atoms with E-state index in [0.717, 1.165) is 12.0 Å².